The molecule has 2 rings (SSSR count). The Balaban J connectivity index is 2.63. The first-order valence-corrected chi connectivity index (χ1v) is 5.09. The van der Waals surface area contributed by atoms with Crippen LogP contribution in [0, 0.1) is 6.92 Å². The maximum atomic E-state index is 11.2. The largest absolute Gasteiger partial charge is 0.385 e. The van der Waals surface area contributed by atoms with Crippen molar-refractivity contribution in [2.45, 2.75) is 6.92 Å². The number of nitrogens with one attached hydrogen (secondary N) is 1. The third-order valence-corrected chi connectivity index (χ3v) is 3.05. The molecular formula is C10H10N2OS. The van der Waals surface area contributed by atoms with Crippen LogP contribution in [0.4, 0.5) is 5.82 Å². The molecule has 0 spiro atoms. The minimum Gasteiger partial charge on any atom is -0.385 e. The summed E-state index contributed by atoms with van der Waals surface area (Å²) in [7, 11) is 0. The van der Waals surface area contributed by atoms with Gasteiger partial charge in [-0.2, -0.15) is 0 Å². The second-order valence-electron chi connectivity index (χ2n) is 3.12. The quantitative estimate of drug-likeness (QED) is 0.749. The van der Waals surface area contributed by atoms with E-state index in [1.165, 1.54) is 5.56 Å². The van der Waals surface area contributed by atoms with Gasteiger partial charge in [0, 0.05) is 16.5 Å². The van der Waals surface area contributed by atoms with Crippen molar-refractivity contribution in [1.29, 1.82) is 0 Å². The average molecular weight is 206 g/mol. The SMILES string of the molecule is Cc1ccsc1-c1cc(N)[nH]c(=O)c1. The Kier molecular flexibility index (Phi) is 2.13. The first kappa shape index (κ1) is 9.02. The van der Waals surface area contributed by atoms with Gasteiger partial charge in [0.2, 0.25) is 5.56 Å². The van der Waals surface area contributed by atoms with Crippen LogP contribution in [0.25, 0.3) is 10.4 Å². The summed E-state index contributed by atoms with van der Waals surface area (Å²) in [6.07, 6.45) is 0. The zero-order valence-corrected chi connectivity index (χ0v) is 8.52. The number of hydrogen-bond donors (Lipinski definition) is 2. The monoisotopic (exact) mass is 206 g/mol. The van der Waals surface area contributed by atoms with Crippen LogP contribution in [0.5, 0.6) is 0 Å². The molecular weight excluding hydrogens is 196 g/mol. The molecule has 2 heterocycles. The molecule has 0 aromatic carbocycles. The molecule has 3 nitrogen and oxygen atoms in total. The maximum absolute atomic E-state index is 11.2. The molecule has 0 aliphatic carbocycles. The zero-order chi connectivity index (χ0) is 10.1. The molecule has 2 aromatic rings. The number of aromatic nitrogens is 1. The fourth-order valence-corrected chi connectivity index (χ4v) is 2.28. The van der Waals surface area contributed by atoms with Crippen molar-refractivity contribution in [3.05, 3.63) is 39.5 Å². The summed E-state index contributed by atoms with van der Waals surface area (Å²) in [4.78, 5) is 14.8. The van der Waals surface area contributed by atoms with Gasteiger partial charge in [0.05, 0.1) is 0 Å². The van der Waals surface area contributed by atoms with Crippen LogP contribution in [-0.2, 0) is 0 Å². The van der Waals surface area contributed by atoms with Crippen LogP contribution in [0.3, 0.4) is 0 Å². The Morgan fingerprint density at radius 2 is 2.21 bits per heavy atom. The number of aryl methyl sites for hydroxylation is 1. The van der Waals surface area contributed by atoms with Crippen molar-refractivity contribution >= 4 is 17.2 Å². The predicted octanol–water partition coefficient (Wildman–Crippen LogP) is 1.99. The average Bonchev–Trinajstić information content (AvgIpc) is 2.49. The molecule has 3 N–H and O–H groups in total. The van der Waals surface area contributed by atoms with Crippen LogP contribution >= 0.6 is 11.3 Å². The highest BCUT2D eigenvalue weighted by atomic mass is 32.1. The van der Waals surface area contributed by atoms with Gasteiger partial charge in [0.1, 0.15) is 5.82 Å². The number of rotatable bonds is 1. The predicted molar refractivity (Wildman–Crippen MR) is 59.5 cm³/mol. The normalized spacial score (nSPS) is 10.4. The lowest BCUT2D eigenvalue weighted by molar-refractivity contribution is 1.25. The topological polar surface area (TPSA) is 58.9 Å². The number of aromatic amines is 1. The number of thiophene rings is 1. The van der Waals surface area contributed by atoms with Crippen LogP contribution < -0.4 is 11.3 Å². The van der Waals surface area contributed by atoms with Gasteiger partial charge in [0.25, 0.3) is 0 Å². The number of nitrogens with two attached hydrogens (primary N) is 1. The van der Waals surface area contributed by atoms with Crippen LogP contribution in [0.1, 0.15) is 5.56 Å². The fourth-order valence-electron chi connectivity index (χ4n) is 1.36. The van der Waals surface area contributed by atoms with Crippen molar-refractivity contribution in [1.82, 2.24) is 4.98 Å². The molecule has 14 heavy (non-hydrogen) atoms. The van der Waals surface area contributed by atoms with E-state index < -0.39 is 0 Å². The zero-order valence-electron chi connectivity index (χ0n) is 7.70. The molecule has 0 amide bonds. The first-order chi connectivity index (χ1) is 6.66. The number of hydrogen-bond acceptors (Lipinski definition) is 3. The van der Waals surface area contributed by atoms with Crippen LogP contribution in [0.15, 0.2) is 28.4 Å². The van der Waals surface area contributed by atoms with Crippen molar-refractivity contribution < 1.29 is 0 Å². The summed E-state index contributed by atoms with van der Waals surface area (Å²) in [6, 6.07) is 5.37. The number of nitrogen functional groups attached to an aromatic ring is 1. The van der Waals surface area contributed by atoms with Gasteiger partial charge >= 0.3 is 0 Å². The van der Waals surface area contributed by atoms with E-state index >= 15 is 0 Å². The third kappa shape index (κ3) is 1.56. The molecule has 0 atom stereocenters. The Morgan fingerprint density at radius 3 is 2.79 bits per heavy atom. The molecule has 0 radical (unpaired) electrons. The molecule has 0 saturated carbocycles. The second-order valence-corrected chi connectivity index (χ2v) is 4.04. The van der Waals surface area contributed by atoms with E-state index in [-0.39, 0.29) is 5.56 Å². The molecule has 0 aliphatic rings. The van der Waals surface area contributed by atoms with Crippen molar-refractivity contribution in [3.63, 3.8) is 0 Å². The van der Waals surface area contributed by atoms with E-state index in [4.69, 9.17) is 5.73 Å². The lowest BCUT2D eigenvalue weighted by atomic mass is 10.1. The smallest absolute Gasteiger partial charge is 0.250 e. The molecule has 2 aromatic heterocycles. The number of pyridine rings is 1. The summed E-state index contributed by atoms with van der Waals surface area (Å²) in [5.74, 6) is 0.403. The van der Waals surface area contributed by atoms with Gasteiger partial charge < -0.3 is 10.7 Å². The van der Waals surface area contributed by atoms with Crippen molar-refractivity contribution in [2.24, 2.45) is 0 Å². The molecule has 0 saturated heterocycles. The van der Waals surface area contributed by atoms with Gasteiger partial charge in [-0.3, -0.25) is 4.79 Å². The van der Waals surface area contributed by atoms with E-state index in [9.17, 15) is 4.79 Å². The van der Waals surface area contributed by atoms with Crippen LogP contribution in [0.2, 0.25) is 0 Å². The molecule has 0 bridgehead atoms. The van der Waals surface area contributed by atoms with E-state index in [2.05, 4.69) is 4.98 Å². The standard InChI is InChI=1S/C10H10N2OS/c1-6-2-3-14-10(6)7-4-8(11)12-9(13)5-7/h2-5H,1H3,(H3,11,12,13). The Labute approximate surface area is 85.2 Å². The Morgan fingerprint density at radius 1 is 1.43 bits per heavy atom. The molecule has 4 heteroatoms. The van der Waals surface area contributed by atoms with Gasteiger partial charge in [-0.1, -0.05) is 0 Å². The molecule has 0 unspecified atom stereocenters. The fraction of sp³-hybridized carbons (Fsp3) is 0.100. The summed E-state index contributed by atoms with van der Waals surface area (Å²) < 4.78 is 0. The minimum absolute atomic E-state index is 0.159. The Hall–Kier alpha value is -1.55. The highest BCUT2D eigenvalue weighted by molar-refractivity contribution is 7.13. The molecule has 0 fully saturated rings. The number of H-pyrrole nitrogens is 1. The van der Waals surface area contributed by atoms with E-state index in [0.29, 0.717) is 5.82 Å². The lowest BCUT2D eigenvalue weighted by Crippen LogP contribution is -2.07. The highest BCUT2D eigenvalue weighted by Gasteiger charge is 2.04. The van der Waals surface area contributed by atoms with Gasteiger partial charge in [0.15, 0.2) is 0 Å². The first-order valence-electron chi connectivity index (χ1n) is 4.21. The van der Waals surface area contributed by atoms with Crippen LogP contribution in [-0.4, -0.2) is 4.98 Å². The maximum Gasteiger partial charge on any atom is 0.250 e. The molecule has 0 aliphatic heterocycles. The van der Waals surface area contributed by atoms with Gasteiger partial charge in [-0.15, -0.1) is 11.3 Å². The molecule has 72 valence electrons. The third-order valence-electron chi connectivity index (χ3n) is 1.99. The second kappa shape index (κ2) is 3.31. The van der Waals surface area contributed by atoms with Crippen molar-refractivity contribution in [3.8, 4) is 10.4 Å². The van der Waals surface area contributed by atoms with E-state index in [1.54, 1.807) is 23.5 Å². The summed E-state index contributed by atoms with van der Waals surface area (Å²) in [5, 5.41) is 2.00. The summed E-state index contributed by atoms with van der Waals surface area (Å²) in [5.41, 5.74) is 7.46. The number of anilines is 1. The van der Waals surface area contributed by atoms with E-state index in [0.717, 1.165) is 10.4 Å². The summed E-state index contributed by atoms with van der Waals surface area (Å²) in [6.45, 7) is 2.02. The Bertz CT molecular complexity index is 513. The van der Waals surface area contributed by atoms with Gasteiger partial charge in [-0.25, -0.2) is 0 Å². The lowest BCUT2D eigenvalue weighted by Gasteiger charge is -2.00. The van der Waals surface area contributed by atoms with Crippen molar-refractivity contribution in [2.75, 3.05) is 5.73 Å². The minimum atomic E-state index is -0.159. The summed E-state index contributed by atoms with van der Waals surface area (Å²) >= 11 is 1.61. The highest BCUT2D eigenvalue weighted by Crippen LogP contribution is 2.28. The van der Waals surface area contributed by atoms with Gasteiger partial charge in [-0.05, 0) is 30.0 Å². The van der Waals surface area contributed by atoms with E-state index in [1.807, 2.05) is 18.4 Å².